The van der Waals surface area contributed by atoms with Gasteiger partial charge in [-0.3, -0.25) is 4.79 Å². The predicted octanol–water partition coefficient (Wildman–Crippen LogP) is 3.88. The third kappa shape index (κ3) is 3.50. The van der Waals surface area contributed by atoms with E-state index < -0.39 is 5.54 Å². The largest absolute Gasteiger partial charge is 0.363 e. The van der Waals surface area contributed by atoms with Gasteiger partial charge in [0.2, 0.25) is 0 Å². The number of nitrogens with zero attached hydrogens (tertiary/aromatic N) is 1. The molecule has 1 aromatic carbocycles. The van der Waals surface area contributed by atoms with Crippen LogP contribution >= 0.6 is 0 Å². The van der Waals surface area contributed by atoms with Crippen LogP contribution in [0.25, 0.3) is 4.85 Å². The second-order valence-electron chi connectivity index (χ2n) is 6.96. The number of primary amides is 1. The zero-order valence-corrected chi connectivity index (χ0v) is 13.9. The molecule has 2 N–H and O–H groups in total. The van der Waals surface area contributed by atoms with Gasteiger partial charge >= 0.3 is 11.4 Å². The lowest BCUT2D eigenvalue weighted by Gasteiger charge is -2.35. The van der Waals surface area contributed by atoms with E-state index in [0.29, 0.717) is 18.3 Å². The summed E-state index contributed by atoms with van der Waals surface area (Å²) >= 11 is 0. The second kappa shape index (κ2) is 6.96. The van der Waals surface area contributed by atoms with Gasteiger partial charge in [-0.25, -0.2) is 0 Å². The Morgan fingerprint density at radius 1 is 1.36 bits per heavy atom. The summed E-state index contributed by atoms with van der Waals surface area (Å²) in [6, 6.07) is 13.2. The lowest BCUT2D eigenvalue weighted by molar-refractivity contribution is -0.125. The summed E-state index contributed by atoms with van der Waals surface area (Å²) in [5.41, 5.74) is 6.17. The summed E-state index contributed by atoms with van der Waals surface area (Å²) in [7, 11) is 0. The molecule has 0 aromatic heterocycles. The highest BCUT2D eigenvalue weighted by Gasteiger charge is 2.58. The first-order valence-electron chi connectivity index (χ1n) is 8.24. The normalized spacial score (nSPS) is 28.0. The Kier molecular flexibility index (Phi) is 5.24. The van der Waals surface area contributed by atoms with Crippen LogP contribution in [0.1, 0.15) is 45.6 Å². The Labute approximate surface area is 133 Å². The van der Waals surface area contributed by atoms with E-state index in [1.807, 2.05) is 30.3 Å². The third-order valence-corrected chi connectivity index (χ3v) is 4.88. The van der Waals surface area contributed by atoms with E-state index in [9.17, 15) is 4.79 Å². The van der Waals surface area contributed by atoms with Crippen LogP contribution < -0.4 is 5.73 Å². The number of amides is 1. The van der Waals surface area contributed by atoms with Gasteiger partial charge in [-0.2, -0.15) is 0 Å². The molecule has 1 fully saturated rings. The Balaban J connectivity index is 2.28. The van der Waals surface area contributed by atoms with Gasteiger partial charge in [-0.05, 0) is 30.2 Å². The van der Waals surface area contributed by atoms with Crippen molar-refractivity contribution >= 4 is 5.91 Å². The van der Waals surface area contributed by atoms with Gasteiger partial charge < -0.3 is 5.73 Å². The molecule has 3 unspecified atom stereocenters. The lowest BCUT2D eigenvalue weighted by Crippen LogP contribution is -2.52. The quantitative estimate of drug-likeness (QED) is 0.904. The maximum absolute atomic E-state index is 12.3. The van der Waals surface area contributed by atoms with E-state index in [2.05, 4.69) is 31.7 Å². The fourth-order valence-corrected chi connectivity index (χ4v) is 3.71. The maximum Gasteiger partial charge on any atom is 0.359 e. The van der Waals surface area contributed by atoms with Gasteiger partial charge in [-0.15, -0.1) is 0 Å². The molecule has 1 aliphatic carbocycles. The fourth-order valence-electron chi connectivity index (χ4n) is 3.71. The molecule has 22 heavy (non-hydrogen) atoms. The van der Waals surface area contributed by atoms with Crippen molar-refractivity contribution < 1.29 is 4.79 Å². The van der Waals surface area contributed by atoms with Crippen molar-refractivity contribution in [2.24, 2.45) is 23.5 Å². The zero-order valence-electron chi connectivity index (χ0n) is 13.9. The number of nitrogens with two attached hydrogens (primary N) is 1. The number of hydrogen-bond donors (Lipinski definition) is 1. The van der Waals surface area contributed by atoms with E-state index in [1.165, 1.54) is 0 Å². The molecular weight excluding hydrogens is 272 g/mol. The minimum absolute atomic E-state index is 0.212. The second-order valence-corrected chi connectivity index (χ2v) is 6.96. The van der Waals surface area contributed by atoms with E-state index >= 15 is 0 Å². The van der Waals surface area contributed by atoms with Gasteiger partial charge in [0, 0.05) is 6.42 Å². The average Bonchev–Trinajstić information content (AvgIpc) is 2.47. The number of benzene rings is 1. The van der Waals surface area contributed by atoms with Crippen molar-refractivity contribution in [3.8, 4) is 6.07 Å². The minimum atomic E-state index is -0.777. The van der Waals surface area contributed by atoms with Crippen molar-refractivity contribution in [3.05, 3.63) is 40.7 Å². The number of hydrogen-bond acceptors (Lipinski definition) is 1. The summed E-state index contributed by atoms with van der Waals surface area (Å²) in [6.45, 7) is 6.50. The smallest absolute Gasteiger partial charge is 0.359 e. The SMILES string of the molecule is CC1CCC(C(C)C)C([N+]#CCc2ccccc2)(C(N)=O)C1. The molecule has 0 spiro atoms. The van der Waals surface area contributed by atoms with Gasteiger partial charge in [0.25, 0.3) is 6.07 Å². The average molecular weight is 299 g/mol. The van der Waals surface area contributed by atoms with Crippen LogP contribution in [0.4, 0.5) is 0 Å². The van der Waals surface area contributed by atoms with E-state index in [0.717, 1.165) is 24.8 Å². The van der Waals surface area contributed by atoms with Gasteiger partial charge in [0.1, 0.15) is 6.42 Å². The topological polar surface area (TPSA) is 47.5 Å². The van der Waals surface area contributed by atoms with E-state index in [4.69, 9.17) is 5.73 Å². The van der Waals surface area contributed by atoms with Crippen LogP contribution in [0, 0.1) is 23.8 Å². The standard InChI is InChI=1S/C19H26N2O/c1-14(2)17-10-9-15(3)13-19(17,18(20)22)21-12-11-16-7-5-4-6-8-16/h4-8,14-15,17H,9-11,13H2,1-3H3,(H-,20,22)/p+1. The van der Waals surface area contributed by atoms with Crippen molar-refractivity contribution in [3.63, 3.8) is 0 Å². The molecule has 3 nitrogen and oxygen atoms in total. The van der Waals surface area contributed by atoms with Gasteiger partial charge in [-0.1, -0.05) is 55.9 Å². The Hall–Kier alpha value is -1.82. The third-order valence-electron chi connectivity index (χ3n) is 4.88. The van der Waals surface area contributed by atoms with Crippen LogP contribution in [0.15, 0.2) is 30.3 Å². The highest BCUT2D eigenvalue weighted by molar-refractivity contribution is 5.87. The summed E-state index contributed by atoms with van der Waals surface area (Å²) in [5, 5.41) is 0. The molecule has 2 rings (SSSR count). The highest BCUT2D eigenvalue weighted by Crippen LogP contribution is 2.43. The molecule has 3 atom stereocenters. The van der Waals surface area contributed by atoms with Crippen LogP contribution in [0.5, 0.6) is 0 Å². The molecule has 1 aromatic rings. The summed E-state index contributed by atoms with van der Waals surface area (Å²) in [4.78, 5) is 16.9. The van der Waals surface area contributed by atoms with Crippen LogP contribution in [0.2, 0.25) is 0 Å². The molecule has 1 saturated carbocycles. The molecule has 1 aliphatic rings. The summed E-state index contributed by atoms with van der Waals surface area (Å²) in [6.07, 6.45) is 3.52. The van der Waals surface area contributed by atoms with E-state index in [-0.39, 0.29) is 11.8 Å². The Morgan fingerprint density at radius 3 is 2.64 bits per heavy atom. The molecular formula is C19H27N2O+. The summed E-state index contributed by atoms with van der Waals surface area (Å²) < 4.78 is 0. The van der Waals surface area contributed by atoms with Crippen LogP contribution in [-0.4, -0.2) is 11.4 Å². The van der Waals surface area contributed by atoms with Gasteiger partial charge in [0.15, 0.2) is 0 Å². The molecule has 0 saturated heterocycles. The Bertz CT molecular complexity index is 570. The van der Waals surface area contributed by atoms with Crippen molar-refractivity contribution in [1.82, 2.24) is 0 Å². The van der Waals surface area contributed by atoms with Crippen molar-refractivity contribution in [2.45, 2.75) is 52.0 Å². The van der Waals surface area contributed by atoms with Crippen molar-refractivity contribution in [2.75, 3.05) is 0 Å². The molecule has 3 heteroatoms. The number of carbonyl (C=O) groups excluding carboxylic acids is 1. The molecule has 0 radical (unpaired) electrons. The maximum atomic E-state index is 12.3. The molecule has 1 amide bonds. The van der Waals surface area contributed by atoms with Crippen molar-refractivity contribution in [1.29, 1.82) is 0 Å². The van der Waals surface area contributed by atoms with E-state index in [1.54, 1.807) is 0 Å². The lowest BCUT2D eigenvalue weighted by atomic mass is 9.65. The Morgan fingerprint density at radius 2 is 2.05 bits per heavy atom. The van der Waals surface area contributed by atoms with Crippen LogP contribution in [-0.2, 0) is 11.2 Å². The van der Waals surface area contributed by atoms with Gasteiger partial charge in [0.05, 0.1) is 5.92 Å². The fraction of sp³-hybridized carbons (Fsp3) is 0.579. The highest BCUT2D eigenvalue weighted by atomic mass is 16.1. The molecule has 0 aliphatic heterocycles. The predicted molar refractivity (Wildman–Crippen MR) is 90.7 cm³/mol. The number of carbonyl (C=O) groups is 1. The number of rotatable bonds is 3. The minimum Gasteiger partial charge on any atom is -0.363 e. The summed E-state index contributed by atoms with van der Waals surface area (Å²) in [5.74, 6) is 0.787. The zero-order chi connectivity index (χ0) is 16.2. The molecule has 118 valence electrons. The molecule has 0 bridgehead atoms. The molecule has 0 heterocycles. The monoisotopic (exact) mass is 299 g/mol. The van der Waals surface area contributed by atoms with Crippen LogP contribution in [0.3, 0.4) is 0 Å². The first-order valence-corrected chi connectivity index (χ1v) is 8.24. The first-order chi connectivity index (χ1) is 10.5. The first kappa shape index (κ1) is 16.5.